The van der Waals surface area contributed by atoms with Gasteiger partial charge in [-0.15, -0.1) is 0 Å². The van der Waals surface area contributed by atoms with E-state index in [9.17, 15) is 26.4 Å². The summed E-state index contributed by atoms with van der Waals surface area (Å²) in [5.74, 6) is 0.146. The van der Waals surface area contributed by atoms with Crippen LogP contribution in [-0.4, -0.2) is 34.2 Å². The van der Waals surface area contributed by atoms with Gasteiger partial charge >= 0.3 is 6.18 Å². The highest BCUT2D eigenvalue weighted by atomic mass is 35.5. The molecule has 6 nitrogen and oxygen atoms in total. The number of hydrogen-bond donors (Lipinski definition) is 1. The molecule has 11 heteroatoms. The van der Waals surface area contributed by atoms with Crippen molar-refractivity contribution < 1.29 is 31.1 Å². The highest BCUT2D eigenvalue weighted by molar-refractivity contribution is 7.92. The molecule has 0 fully saturated rings. The van der Waals surface area contributed by atoms with Crippen molar-refractivity contribution in [2.24, 2.45) is 5.92 Å². The van der Waals surface area contributed by atoms with Crippen molar-refractivity contribution in [2.75, 3.05) is 24.2 Å². The minimum absolute atomic E-state index is 0.196. The molecule has 2 aromatic carbocycles. The van der Waals surface area contributed by atoms with Gasteiger partial charge in [0.2, 0.25) is 15.9 Å². The van der Waals surface area contributed by atoms with Crippen molar-refractivity contribution in [2.45, 2.75) is 32.5 Å². The Bertz CT molecular complexity index is 1070. The molecule has 0 aliphatic carbocycles. The summed E-state index contributed by atoms with van der Waals surface area (Å²) in [5.41, 5.74) is -0.721. The van der Waals surface area contributed by atoms with Crippen LogP contribution in [0.5, 0.6) is 5.75 Å². The highest BCUT2D eigenvalue weighted by Crippen LogP contribution is 2.36. The van der Waals surface area contributed by atoms with Gasteiger partial charge in [-0.3, -0.25) is 9.10 Å². The molecular formula is C22H26ClF3N2O4S. The number of amides is 1. The van der Waals surface area contributed by atoms with Gasteiger partial charge in [-0.1, -0.05) is 37.6 Å². The third-order valence-corrected chi connectivity index (χ3v) is 6.24. The average molecular weight is 507 g/mol. The third kappa shape index (κ3) is 7.53. The summed E-state index contributed by atoms with van der Waals surface area (Å²) in [5, 5.41) is 2.56. The van der Waals surface area contributed by atoms with Crippen LogP contribution < -0.4 is 14.4 Å². The largest absolute Gasteiger partial charge is 0.497 e. The minimum Gasteiger partial charge on any atom is -0.497 e. The predicted molar refractivity (Wildman–Crippen MR) is 122 cm³/mol. The molecule has 0 unspecified atom stereocenters. The fourth-order valence-corrected chi connectivity index (χ4v) is 4.35. The topological polar surface area (TPSA) is 75.7 Å². The maximum absolute atomic E-state index is 13.2. The first-order valence-corrected chi connectivity index (χ1v) is 12.2. The predicted octanol–water partition coefficient (Wildman–Crippen LogP) is 5.04. The summed E-state index contributed by atoms with van der Waals surface area (Å²) in [6, 6.07) is 8.91. The van der Waals surface area contributed by atoms with E-state index in [0.717, 1.165) is 24.0 Å². The standard InChI is InChI=1S/C22H26ClF3N2O4S/c1-14(2)11-19(15-5-8-17(32-3)9-6-15)27-21(29)13-28(33(4,30)31)20-12-16(22(24,25)26)7-10-18(20)23/h5-10,12,14,19H,11,13H2,1-4H3,(H,27,29)/t19-/m0/s1. The highest BCUT2D eigenvalue weighted by Gasteiger charge is 2.33. The summed E-state index contributed by atoms with van der Waals surface area (Å²) in [6.07, 6.45) is -3.35. The number of halogens is 4. The number of methoxy groups -OCH3 is 1. The first kappa shape index (κ1) is 26.8. The molecule has 33 heavy (non-hydrogen) atoms. The zero-order chi connectivity index (χ0) is 25.0. The van der Waals surface area contributed by atoms with Crippen LogP contribution in [0.4, 0.5) is 18.9 Å². The fraction of sp³-hybridized carbons (Fsp3) is 0.409. The molecule has 0 radical (unpaired) electrons. The van der Waals surface area contributed by atoms with Gasteiger partial charge in [0.25, 0.3) is 0 Å². The van der Waals surface area contributed by atoms with E-state index in [2.05, 4.69) is 5.32 Å². The number of nitrogens with zero attached hydrogens (tertiary/aromatic N) is 1. The molecule has 182 valence electrons. The van der Waals surface area contributed by atoms with Crippen LogP contribution in [0.25, 0.3) is 0 Å². The van der Waals surface area contributed by atoms with Crippen LogP contribution >= 0.6 is 11.6 Å². The Morgan fingerprint density at radius 1 is 1.15 bits per heavy atom. The van der Waals surface area contributed by atoms with Gasteiger partial charge in [0.1, 0.15) is 12.3 Å². The van der Waals surface area contributed by atoms with E-state index < -0.39 is 45.9 Å². The lowest BCUT2D eigenvalue weighted by Crippen LogP contribution is -2.42. The summed E-state index contributed by atoms with van der Waals surface area (Å²) >= 11 is 6.01. The van der Waals surface area contributed by atoms with Crippen LogP contribution in [0.2, 0.25) is 5.02 Å². The molecule has 2 rings (SSSR count). The van der Waals surface area contributed by atoms with Crippen molar-refractivity contribution in [3.63, 3.8) is 0 Å². The maximum Gasteiger partial charge on any atom is 0.416 e. The normalized spacial score (nSPS) is 13.0. The number of carbonyl (C=O) groups is 1. The number of alkyl halides is 3. The molecule has 0 aliphatic heterocycles. The van der Waals surface area contributed by atoms with Gasteiger partial charge < -0.3 is 10.1 Å². The van der Waals surface area contributed by atoms with E-state index in [4.69, 9.17) is 16.3 Å². The van der Waals surface area contributed by atoms with Gasteiger partial charge in [0, 0.05) is 0 Å². The summed E-state index contributed by atoms with van der Waals surface area (Å²) < 4.78 is 69.9. The molecule has 0 bridgehead atoms. The second-order valence-corrected chi connectivity index (χ2v) is 10.3. The number of nitrogens with one attached hydrogen (secondary N) is 1. The van der Waals surface area contributed by atoms with Crippen LogP contribution in [0, 0.1) is 5.92 Å². The fourth-order valence-electron chi connectivity index (χ4n) is 3.22. The number of benzene rings is 2. The van der Waals surface area contributed by atoms with Crippen LogP contribution in [0.1, 0.15) is 37.4 Å². The summed E-state index contributed by atoms with van der Waals surface area (Å²) in [4.78, 5) is 12.8. The molecule has 0 heterocycles. The quantitative estimate of drug-likeness (QED) is 0.517. The molecule has 0 spiro atoms. The van der Waals surface area contributed by atoms with E-state index in [1.165, 1.54) is 7.11 Å². The number of hydrogen-bond acceptors (Lipinski definition) is 4. The van der Waals surface area contributed by atoms with Gasteiger partial charge in [-0.05, 0) is 48.2 Å². The van der Waals surface area contributed by atoms with Crippen LogP contribution in [0.3, 0.4) is 0 Å². The Morgan fingerprint density at radius 2 is 1.76 bits per heavy atom. The Morgan fingerprint density at radius 3 is 2.24 bits per heavy atom. The molecule has 0 aliphatic rings. The molecule has 2 aromatic rings. The van der Waals surface area contributed by atoms with Gasteiger partial charge in [-0.2, -0.15) is 13.2 Å². The second kappa shape index (κ2) is 10.6. The molecule has 1 amide bonds. The molecule has 1 N–H and O–H groups in total. The van der Waals surface area contributed by atoms with E-state index in [1.807, 2.05) is 13.8 Å². The lowest BCUT2D eigenvalue weighted by Gasteiger charge is -2.26. The van der Waals surface area contributed by atoms with E-state index in [1.54, 1.807) is 24.3 Å². The molecule has 0 saturated carbocycles. The first-order valence-electron chi connectivity index (χ1n) is 10.00. The SMILES string of the molecule is COc1ccc([C@H](CC(C)C)NC(=O)CN(c2cc(C(F)(F)F)ccc2Cl)S(C)(=O)=O)cc1. The molecular weight excluding hydrogens is 481 g/mol. The minimum atomic E-state index is -4.71. The number of sulfonamides is 1. The lowest BCUT2D eigenvalue weighted by molar-refractivity contribution is -0.137. The number of ether oxygens (including phenoxy) is 1. The summed E-state index contributed by atoms with van der Waals surface area (Å²) in [6.45, 7) is 3.20. The molecule has 1 atom stereocenters. The van der Waals surface area contributed by atoms with Gasteiger partial charge in [-0.25, -0.2) is 8.42 Å². The summed E-state index contributed by atoms with van der Waals surface area (Å²) in [7, 11) is -2.60. The maximum atomic E-state index is 13.2. The van der Waals surface area contributed by atoms with Crippen molar-refractivity contribution in [3.8, 4) is 5.75 Å². The van der Waals surface area contributed by atoms with E-state index >= 15 is 0 Å². The lowest BCUT2D eigenvalue weighted by atomic mass is 9.97. The monoisotopic (exact) mass is 506 g/mol. The van der Waals surface area contributed by atoms with E-state index in [-0.39, 0.29) is 10.9 Å². The Balaban J connectivity index is 2.34. The van der Waals surface area contributed by atoms with Crippen molar-refractivity contribution in [3.05, 3.63) is 58.6 Å². The van der Waals surface area contributed by atoms with Crippen molar-refractivity contribution in [1.29, 1.82) is 0 Å². The van der Waals surface area contributed by atoms with Crippen LogP contribution in [0.15, 0.2) is 42.5 Å². The Hall–Kier alpha value is -2.46. The number of carbonyl (C=O) groups excluding carboxylic acids is 1. The zero-order valence-corrected chi connectivity index (χ0v) is 20.2. The van der Waals surface area contributed by atoms with E-state index in [0.29, 0.717) is 22.5 Å². The average Bonchev–Trinajstić information content (AvgIpc) is 2.70. The second-order valence-electron chi connectivity index (χ2n) is 7.96. The first-order chi connectivity index (χ1) is 15.2. The Kier molecular flexibility index (Phi) is 8.64. The Labute approximate surface area is 196 Å². The smallest absolute Gasteiger partial charge is 0.416 e. The third-order valence-electron chi connectivity index (χ3n) is 4.79. The zero-order valence-electron chi connectivity index (χ0n) is 18.6. The van der Waals surface area contributed by atoms with Crippen molar-refractivity contribution in [1.82, 2.24) is 5.32 Å². The van der Waals surface area contributed by atoms with Gasteiger partial charge in [0.15, 0.2) is 0 Å². The van der Waals surface area contributed by atoms with Crippen molar-refractivity contribution >= 4 is 33.2 Å². The molecule has 0 saturated heterocycles. The number of anilines is 1. The molecule has 0 aromatic heterocycles. The van der Waals surface area contributed by atoms with Crippen LogP contribution in [-0.2, 0) is 21.0 Å². The van der Waals surface area contributed by atoms with Gasteiger partial charge in [0.05, 0.1) is 35.7 Å². The number of rotatable bonds is 9.